The molecule has 0 bridgehead atoms. The highest BCUT2D eigenvalue weighted by molar-refractivity contribution is 6.01. The van der Waals surface area contributed by atoms with Gasteiger partial charge in [-0.25, -0.2) is 0 Å². The van der Waals surface area contributed by atoms with Crippen LogP contribution in [0.3, 0.4) is 0 Å². The topological polar surface area (TPSA) is 71.8 Å². The van der Waals surface area contributed by atoms with E-state index in [2.05, 4.69) is 0 Å². The normalized spacial score (nSPS) is 19.1. The highest BCUT2D eigenvalue weighted by Gasteiger charge is 2.45. The average molecular weight is 378 g/mol. The van der Waals surface area contributed by atoms with E-state index in [1.807, 2.05) is 42.1 Å². The van der Waals surface area contributed by atoms with Gasteiger partial charge in [-0.1, -0.05) is 36.4 Å². The Kier molecular flexibility index (Phi) is 4.65. The monoisotopic (exact) mass is 378 g/mol. The number of aromatic nitrogens is 1. The number of amides is 1. The summed E-state index contributed by atoms with van der Waals surface area (Å²) in [6.07, 6.45) is 1.94. The van der Waals surface area contributed by atoms with Gasteiger partial charge in [0.1, 0.15) is 5.92 Å². The minimum Gasteiger partial charge on any atom is -0.481 e. The molecule has 1 amide bonds. The van der Waals surface area contributed by atoms with E-state index in [1.165, 1.54) is 0 Å². The largest absolute Gasteiger partial charge is 0.481 e. The van der Waals surface area contributed by atoms with E-state index < -0.39 is 17.9 Å². The molecule has 144 valence electrons. The Labute approximate surface area is 162 Å². The van der Waals surface area contributed by atoms with E-state index in [0.717, 1.165) is 16.5 Å². The third kappa shape index (κ3) is 2.77. The van der Waals surface area contributed by atoms with Gasteiger partial charge in [-0.3, -0.25) is 9.59 Å². The van der Waals surface area contributed by atoms with Crippen molar-refractivity contribution in [3.63, 3.8) is 0 Å². The predicted octanol–water partition coefficient (Wildman–Crippen LogP) is 3.19. The van der Waals surface area contributed by atoms with E-state index in [9.17, 15) is 14.7 Å². The third-order valence-corrected chi connectivity index (χ3v) is 5.49. The van der Waals surface area contributed by atoms with Gasteiger partial charge in [0.05, 0.1) is 12.6 Å². The van der Waals surface area contributed by atoms with Crippen LogP contribution in [-0.4, -0.2) is 46.7 Å². The molecule has 1 aliphatic heterocycles. The minimum absolute atomic E-state index is 0.164. The quantitative estimate of drug-likeness (QED) is 0.740. The van der Waals surface area contributed by atoms with Crippen molar-refractivity contribution < 1.29 is 19.4 Å². The second kappa shape index (κ2) is 7.13. The molecule has 1 aromatic heterocycles. The number of hydrogen-bond acceptors (Lipinski definition) is 3. The van der Waals surface area contributed by atoms with Crippen molar-refractivity contribution in [2.75, 3.05) is 20.3 Å². The number of aryl methyl sites for hydroxylation is 1. The lowest BCUT2D eigenvalue weighted by atomic mass is 9.79. The maximum Gasteiger partial charge on any atom is 0.313 e. The summed E-state index contributed by atoms with van der Waals surface area (Å²) in [5.74, 6) is -1.96. The Morgan fingerprint density at radius 2 is 1.82 bits per heavy atom. The van der Waals surface area contributed by atoms with Crippen molar-refractivity contribution in [1.29, 1.82) is 0 Å². The maximum atomic E-state index is 13.3. The molecule has 0 fully saturated rings. The van der Waals surface area contributed by atoms with Crippen LogP contribution in [0.15, 0.2) is 54.7 Å². The molecule has 0 radical (unpaired) electrons. The molecule has 0 saturated carbocycles. The van der Waals surface area contributed by atoms with Crippen LogP contribution in [0.4, 0.5) is 0 Å². The number of para-hydroxylation sites is 1. The predicted molar refractivity (Wildman–Crippen MR) is 105 cm³/mol. The second-order valence-corrected chi connectivity index (χ2v) is 7.05. The maximum absolute atomic E-state index is 13.3. The number of hydrogen-bond donors (Lipinski definition) is 1. The fraction of sp³-hybridized carbons (Fsp3) is 0.273. The van der Waals surface area contributed by atoms with Gasteiger partial charge in [-0.15, -0.1) is 0 Å². The Balaban J connectivity index is 1.97. The van der Waals surface area contributed by atoms with E-state index in [4.69, 9.17) is 4.74 Å². The van der Waals surface area contributed by atoms with Gasteiger partial charge >= 0.3 is 5.97 Å². The van der Waals surface area contributed by atoms with E-state index >= 15 is 0 Å². The molecular formula is C22H22N2O4. The first kappa shape index (κ1) is 18.3. The molecule has 0 saturated heterocycles. The minimum atomic E-state index is -0.944. The van der Waals surface area contributed by atoms with Crippen LogP contribution in [-0.2, 0) is 16.6 Å². The van der Waals surface area contributed by atoms with Crippen LogP contribution in [0.2, 0.25) is 0 Å². The first-order valence-corrected chi connectivity index (χ1v) is 9.20. The standard InChI is InChI=1S/C22H22N2O4/c1-23-13-17(14-7-5-6-10-18(14)23)20-19(22(26)27)15-8-3-4-9-16(15)21(25)24(20)11-12-28-2/h3-10,13,19-20H,11-12H2,1-2H3,(H,26,27). The van der Waals surface area contributed by atoms with E-state index in [-0.39, 0.29) is 5.91 Å². The van der Waals surface area contributed by atoms with Crippen molar-refractivity contribution in [2.24, 2.45) is 7.05 Å². The number of fused-ring (bicyclic) bond motifs is 2. The van der Waals surface area contributed by atoms with Crippen LogP contribution in [0.25, 0.3) is 10.9 Å². The number of rotatable bonds is 5. The molecule has 0 spiro atoms. The molecule has 3 aromatic rings. The Morgan fingerprint density at radius 3 is 2.57 bits per heavy atom. The number of methoxy groups -OCH3 is 1. The number of carbonyl (C=O) groups is 2. The molecule has 4 rings (SSSR count). The highest BCUT2D eigenvalue weighted by atomic mass is 16.5. The number of benzene rings is 2. The number of carboxylic acids is 1. The van der Waals surface area contributed by atoms with E-state index in [0.29, 0.717) is 24.3 Å². The fourth-order valence-electron chi connectivity index (χ4n) is 4.25. The molecule has 2 aromatic carbocycles. The third-order valence-electron chi connectivity index (χ3n) is 5.49. The van der Waals surface area contributed by atoms with Crippen LogP contribution < -0.4 is 0 Å². The SMILES string of the molecule is COCCN1C(=O)c2ccccc2C(C(=O)O)C1c1cn(C)c2ccccc12. The molecule has 2 unspecified atom stereocenters. The zero-order chi connectivity index (χ0) is 19.8. The number of ether oxygens (including phenoxy) is 1. The molecule has 1 N–H and O–H groups in total. The zero-order valence-corrected chi connectivity index (χ0v) is 15.8. The molecule has 6 nitrogen and oxygen atoms in total. The molecule has 1 aliphatic rings. The Hall–Kier alpha value is -3.12. The van der Waals surface area contributed by atoms with Crippen LogP contribution in [0.5, 0.6) is 0 Å². The first-order chi connectivity index (χ1) is 13.5. The summed E-state index contributed by atoms with van der Waals surface area (Å²) >= 11 is 0. The molecule has 28 heavy (non-hydrogen) atoms. The summed E-state index contributed by atoms with van der Waals surface area (Å²) in [5, 5.41) is 11.1. The lowest BCUT2D eigenvalue weighted by Crippen LogP contribution is -2.46. The van der Waals surface area contributed by atoms with Crippen LogP contribution in [0.1, 0.15) is 33.4 Å². The number of nitrogens with zero attached hydrogens (tertiary/aromatic N) is 2. The van der Waals surface area contributed by atoms with Crippen LogP contribution >= 0.6 is 0 Å². The summed E-state index contributed by atoms with van der Waals surface area (Å²) in [5.41, 5.74) is 2.85. The lowest BCUT2D eigenvalue weighted by molar-refractivity contribution is -0.140. The Bertz CT molecular complexity index is 1060. The second-order valence-electron chi connectivity index (χ2n) is 7.05. The summed E-state index contributed by atoms with van der Waals surface area (Å²) in [6, 6.07) is 14.2. The van der Waals surface area contributed by atoms with Crippen molar-refractivity contribution in [3.8, 4) is 0 Å². The van der Waals surface area contributed by atoms with Crippen molar-refractivity contribution in [1.82, 2.24) is 9.47 Å². The fourth-order valence-corrected chi connectivity index (χ4v) is 4.25. The summed E-state index contributed by atoms with van der Waals surface area (Å²) in [7, 11) is 3.50. The molecule has 2 atom stereocenters. The van der Waals surface area contributed by atoms with Gasteiger partial charge in [0.15, 0.2) is 0 Å². The van der Waals surface area contributed by atoms with Gasteiger partial charge in [0.25, 0.3) is 5.91 Å². The van der Waals surface area contributed by atoms with Gasteiger partial charge in [-0.05, 0) is 17.7 Å². The van der Waals surface area contributed by atoms with Gasteiger partial charge in [0.2, 0.25) is 0 Å². The molecule has 6 heteroatoms. The average Bonchev–Trinajstić information content (AvgIpc) is 3.03. The Morgan fingerprint density at radius 1 is 1.11 bits per heavy atom. The van der Waals surface area contributed by atoms with E-state index in [1.54, 1.807) is 36.3 Å². The van der Waals surface area contributed by atoms with Gasteiger partial charge in [0, 0.05) is 48.9 Å². The van der Waals surface area contributed by atoms with Crippen molar-refractivity contribution >= 4 is 22.8 Å². The smallest absolute Gasteiger partial charge is 0.313 e. The molecular weight excluding hydrogens is 356 g/mol. The number of carbonyl (C=O) groups excluding carboxylic acids is 1. The number of aliphatic carboxylic acids is 1. The van der Waals surface area contributed by atoms with Crippen molar-refractivity contribution in [2.45, 2.75) is 12.0 Å². The number of carboxylic acid groups (broad SMARTS) is 1. The summed E-state index contributed by atoms with van der Waals surface area (Å²) < 4.78 is 7.18. The first-order valence-electron chi connectivity index (χ1n) is 9.20. The molecule has 2 heterocycles. The lowest BCUT2D eigenvalue weighted by Gasteiger charge is -2.40. The summed E-state index contributed by atoms with van der Waals surface area (Å²) in [6.45, 7) is 0.656. The zero-order valence-electron chi connectivity index (χ0n) is 15.8. The summed E-state index contributed by atoms with van der Waals surface area (Å²) in [4.78, 5) is 27.3. The van der Waals surface area contributed by atoms with Crippen molar-refractivity contribution in [3.05, 3.63) is 71.4 Å². The highest BCUT2D eigenvalue weighted by Crippen LogP contribution is 2.45. The van der Waals surface area contributed by atoms with Crippen LogP contribution in [0, 0.1) is 0 Å². The van der Waals surface area contributed by atoms with Gasteiger partial charge in [-0.2, -0.15) is 0 Å². The molecule has 0 aliphatic carbocycles. The van der Waals surface area contributed by atoms with Gasteiger partial charge < -0.3 is 19.3 Å².